The summed E-state index contributed by atoms with van der Waals surface area (Å²) in [6, 6.07) is 0. The molecule has 0 aromatic carbocycles. The highest BCUT2D eigenvalue weighted by atomic mass is 79.9. The van der Waals surface area contributed by atoms with E-state index >= 15 is 0 Å². The van der Waals surface area contributed by atoms with Crippen molar-refractivity contribution in [3.63, 3.8) is 0 Å². The molecular weight excluding hydrogens is 324 g/mol. The van der Waals surface area contributed by atoms with E-state index in [4.69, 9.17) is 0 Å². The Balaban J connectivity index is 0.00000180. The van der Waals surface area contributed by atoms with Crippen molar-refractivity contribution in [1.29, 1.82) is 0 Å². The number of aromatic nitrogens is 1. The Morgan fingerprint density at radius 3 is 2.32 bits per heavy atom. The van der Waals surface area contributed by atoms with Crippen LogP contribution in [0.25, 0.3) is 0 Å². The number of amides is 1. The predicted octanol–water partition coefficient (Wildman–Crippen LogP) is -0.551. The van der Waals surface area contributed by atoms with Crippen LogP contribution in [0.3, 0.4) is 0 Å². The van der Waals surface area contributed by atoms with Gasteiger partial charge < -0.3 is 21.9 Å². The first-order chi connectivity index (χ1) is 8.68. The molecule has 2 rings (SSSR count). The Morgan fingerprint density at radius 2 is 1.79 bits per heavy atom. The van der Waals surface area contributed by atoms with Crippen molar-refractivity contribution in [2.24, 2.45) is 0 Å². The molecule has 0 radical (unpaired) electrons. The summed E-state index contributed by atoms with van der Waals surface area (Å²) in [5.74, 6) is 0.280. The molecule has 5 heteroatoms. The van der Waals surface area contributed by atoms with Crippen molar-refractivity contribution in [3.8, 4) is 0 Å². The van der Waals surface area contributed by atoms with Gasteiger partial charge >= 0.3 is 0 Å². The number of likely N-dealkylation sites (tertiary alicyclic amines) is 1. The van der Waals surface area contributed by atoms with Gasteiger partial charge in [0.15, 0.2) is 5.69 Å². The van der Waals surface area contributed by atoms with Crippen molar-refractivity contribution in [1.82, 2.24) is 4.90 Å². The van der Waals surface area contributed by atoms with Gasteiger partial charge in [-0.1, -0.05) is 30.6 Å². The maximum absolute atomic E-state index is 12.3. The highest BCUT2D eigenvalue weighted by Crippen LogP contribution is 2.11. The zero-order chi connectivity index (χ0) is 13.0. The molecule has 108 valence electrons. The van der Waals surface area contributed by atoms with Crippen molar-refractivity contribution >= 4 is 17.2 Å². The van der Waals surface area contributed by atoms with Gasteiger partial charge in [-0.05, 0) is 19.8 Å². The second kappa shape index (κ2) is 8.00. The molecule has 1 aromatic heterocycles. The van der Waals surface area contributed by atoms with E-state index in [-0.39, 0.29) is 22.9 Å². The zero-order valence-electron chi connectivity index (χ0n) is 11.8. The molecule has 1 aromatic rings. The molecule has 0 spiro atoms. The molecule has 1 fully saturated rings. The van der Waals surface area contributed by atoms with Crippen molar-refractivity contribution in [2.75, 3.05) is 13.1 Å². The summed E-state index contributed by atoms with van der Waals surface area (Å²) < 4.78 is 2.08. The summed E-state index contributed by atoms with van der Waals surface area (Å²) in [5.41, 5.74) is 3.28. The molecule has 0 aliphatic carbocycles. The number of thiazole rings is 1. The number of halogens is 1. The van der Waals surface area contributed by atoms with Gasteiger partial charge in [0.2, 0.25) is 12.1 Å². The molecule has 2 heterocycles. The number of carbonyl (C=O) groups is 1. The third kappa shape index (κ3) is 4.56. The summed E-state index contributed by atoms with van der Waals surface area (Å²) in [7, 11) is 0. The van der Waals surface area contributed by atoms with E-state index in [0.717, 1.165) is 25.9 Å². The normalized spacial score (nSPS) is 16.4. The monoisotopic (exact) mass is 346 g/mol. The van der Waals surface area contributed by atoms with Gasteiger partial charge in [0.25, 0.3) is 5.91 Å². The van der Waals surface area contributed by atoms with E-state index in [1.54, 1.807) is 11.3 Å². The molecule has 0 bridgehead atoms. The van der Waals surface area contributed by atoms with Crippen LogP contribution in [0.5, 0.6) is 0 Å². The molecule has 1 aliphatic rings. The standard InChI is InChI=1S/C14H23N2OS.BrH/c1-12-13(2)18-11-16(12)10-14(17)15-8-6-4-3-5-7-9-15;/h11H,3-10H2,1-2H3;1H/q+1;/p-1. The fraction of sp³-hybridized carbons (Fsp3) is 0.714. The lowest BCUT2D eigenvalue weighted by molar-refractivity contribution is -0.686. The van der Waals surface area contributed by atoms with Crippen LogP contribution in [-0.4, -0.2) is 23.9 Å². The van der Waals surface area contributed by atoms with E-state index in [9.17, 15) is 4.79 Å². The predicted molar refractivity (Wildman–Crippen MR) is 73.7 cm³/mol. The van der Waals surface area contributed by atoms with Gasteiger partial charge in [0.05, 0.1) is 4.88 Å². The lowest BCUT2D eigenvalue weighted by atomic mass is 10.1. The molecule has 0 saturated carbocycles. The van der Waals surface area contributed by atoms with Gasteiger partial charge in [0, 0.05) is 20.0 Å². The van der Waals surface area contributed by atoms with Crippen LogP contribution in [0.2, 0.25) is 0 Å². The number of carbonyl (C=O) groups excluding carboxylic acids is 1. The Labute approximate surface area is 130 Å². The number of hydrogen-bond acceptors (Lipinski definition) is 2. The lowest BCUT2D eigenvalue weighted by Gasteiger charge is -2.23. The fourth-order valence-electron chi connectivity index (χ4n) is 2.41. The zero-order valence-corrected chi connectivity index (χ0v) is 14.2. The number of nitrogens with zero attached hydrogens (tertiary/aromatic N) is 2. The number of hydrogen-bond donors (Lipinski definition) is 0. The quantitative estimate of drug-likeness (QED) is 0.659. The SMILES string of the molecule is Cc1sc[n+](CC(=O)N2CCCCCCC2)c1C.[Br-]. The molecule has 0 N–H and O–H groups in total. The van der Waals surface area contributed by atoms with E-state index in [1.165, 1.54) is 29.8 Å². The Kier molecular flexibility index (Phi) is 7.00. The van der Waals surface area contributed by atoms with Crippen LogP contribution in [0.4, 0.5) is 0 Å². The summed E-state index contributed by atoms with van der Waals surface area (Å²) in [6.45, 7) is 6.60. The van der Waals surface area contributed by atoms with Gasteiger partial charge in [0.1, 0.15) is 0 Å². The Bertz CT molecular complexity index is 412. The van der Waals surface area contributed by atoms with E-state index in [1.807, 2.05) is 0 Å². The highest BCUT2D eigenvalue weighted by molar-refractivity contribution is 7.09. The van der Waals surface area contributed by atoms with E-state index in [2.05, 4.69) is 28.8 Å². The van der Waals surface area contributed by atoms with E-state index < -0.39 is 0 Å². The molecule has 19 heavy (non-hydrogen) atoms. The summed E-state index contributed by atoms with van der Waals surface area (Å²) >= 11 is 1.72. The minimum Gasteiger partial charge on any atom is -1.00 e. The molecule has 0 unspecified atom stereocenters. The van der Waals surface area contributed by atoms with Gasteiger partial charge in [-0.25, -0.2) is 0 Å². The molecule has 1 aliphatic heterocycles. The second-order valence-corrected chi connectivity index (χ2v) is 6.20. The topological polar surface area (TPSA) is 24.2 Å². The van der Waals surface area contributed by atoms with Crippen LogP contribution in [-0.2, 0) is 11.3 Å². The minimum atomic E-state index is 0. The second-order valence-electron chi connectivity index (χ2n) is 5.14. The van der Waals surface area contributed by atoms with Crippen molar-refractivity contribution in [3.05, 3.63) is 16.1 Å². The summed E-state index contributed by atoms with van der Waals surface area (Å²) in [5, 5.41) is 0. The first kappa shape index (κ1) is 16.6. The van der Waals surface area contributed by atoms with Gasteiger partial charge in [-0.3, -0.25) is 4.79 Å². The summed E-state index contributed by atoms with van der Waals surface area (Å²) in [6.07, 6.45) is 6.21. The van der Waals surface area contributed by atoms with Crippen LogP contribution in [0, 0.1) is 13.8 Å². The number of aryl methyl sites for hydroxylation is 1. The smallest absolute Gasteiger partial charge is 0.288 e. The molecule has 0 atom stereocenters. The minimum absolute atomic E-state index is 0. The third-order valence-electron chi connectivity index (χ3n) is 3.81. The Hall–Kier alpha value is -0.420. The van der Waals surface area contributed by atoms with Crippen LogP contribution in [0.1, 0.15) is 42.7 Å². The Morgan fingerprint density at radius 1 is 1.21 bits per heavy atom. The molecule has 1 saturated heterocycles. The van der Waals surface area contributed by atoms with Crippen molar-refractivity contribution < 1.29 is 26.3 Å². The largest absolute Gasteiger partial charge is 1.00 e. The van der Waals surface area contributed by atoms with Crippen LogP contribution < -0.4 is 21.5 Å². The maximum Gasteiger partial charge on any atom is 0.288 e. The first-order valence-electron chi connectivity index (χ1n) is 6.90. The fourth-order valence-corrected chi connectivity index (χ4v) is 3.21. The molecule has 1 amide bonds. The van der Waals surface area contributed by atoms with E-state index in [0.29, 0.717) is 6.54 Å². The lowest BCUT2D eigenvalue weighted by Crippen LogP contribution is -3.00. The molecule has 3 nitrogen and oxygen atoms in total. The molecular formula is C14H23BrN2OS. The van der Waals surface area contributed by atoms with Crippen LogP contribution in [0.15, 0.2) is 5.51 Å². The van der Waals surface area contributed by atoms with Gasteiger partial charge in [-0.15, -0.1) is 0 Å². The third-order valence-corrected chi connectivity index (χ3v) is 4.82. The maximum atomic E-state index is 12.3. The van der Waals surface area contributed by atoms with Crippen LogP contribution >= 0.6 is 11.3 Å². The van der Waals surface area contributed by atoms with Crippen molar-refractivity contribution in [2.45, 2.75) is 52.5 Å². The highest BCUT2D eigenvalue weighted by Gasteiger charge is 2.21. The van der Waals surface area contributed by atoms with Gasteiger partial charge in [-0.2, -0.15) is 4.57 Å². The first-order valence-corrected chi connectivity index (χ1v) is 7.78. The average Bonchev–Trinajstić information content (AvgIpc) is 2.60. The number of rotatable bonds is 2. The summed E-state index contributed by atoms with van der Waals surface area (Å²) in [4.78, 5) is 15.7. The average molecular weight is 347 g/mol.